The maximum Gasteiger partial charge on any atom is 0.118 e. The third-order valence-electron chi connectivity index (χ3n) is 2.95. The molecule has 0 atom stereocenters. The van der Waals surface area contributed by atoms with Crippen LogP contribution in [-0.2, 0) is 6.42 Å². The van der Waals surface area contributed by atoms with Crippen LogP contribution in [0.15, 0.2) is 42.5 Å². The summed E-state index contributed by atoms with van der Waals surface area (Å²) in [7, 11) is 0. The summed E-state index contributed by atoms with van der Waals surface area (Å²) in [5, 5.41) is 18.2. The summed E-state index contributed by atoms with van der Waals surface area (Å²) < 4.78 is 0. The Balaban J connectivity index is 0.000000180. The Bertz CT molecular complexity index is 484. The lowest BCUT2D eigenvalue weighted by molar-refractivity contribution is 0.469. The fraction of sp³-hybridized carbons (Fsp3) is 0.250. The first kappa shape index (κ1) is 14.1. The normalized spacial score (nSPS) is 9.50. The summed E-state index contributed by atoms with van der Waals surface area (Å²) in [4.78, 5) is 0. The van der Waals surface area contributed by atoms with E-state index in [-0.39, 0.29) is 0 Å². The van der Waals surface area contributed by atoms with Crippen molar-refractivity contribution in [2.75, 3.05) is 0 Å². The first-order chi connectivity index (χ1) is 8.56. The van der Waals surface area contributed by atoms with Gasteiger partial charge in [-0.2, -0.15) is 0 Å². The van der Waals surface area contributed by atoms with Crippen LogP contribution in [-0.4, -0.2) is 10.2 Å². The lowest BCUT2D eigenvalue weighted by atomic mass is 10.1. The fourth-order valence-corrected chi connectivity index (χ4v) is 1.55. The molecule has 0 radical (unpaired) electrons. The molecule has 0 saturated heterocycles. The Kier molecular flexibility index (Phi) is 5.25. The first-order valence-electron chi connectivity index (χ1n) is 6.08. The topological polar surface area (TPSA) is 40.5 Å². The Morgan fingerprint density at radius 2 is 1.44 bits per heavy atom. The number of para-hydroxylation sites is 1. The smallest absolute Gasteiger partial charge is 0.118 e. The van der Waals surface area contributed by atoms with E-state index in [0.29, 0.717) is 11.5 Å². The average molecular weight is 244 g/mol. The van der Waals surface area contributed by atoms with Gasteiger partial charge in [-0.05, 0) is 49.1 Å². The number of phenolic OH excluding ortho intramolecular Hbond substituents is 2. The van der Waals surface area contributed by atoms with Gasteiger partial charge in [0.15, 0.2) is 0 Å². The van der Waals surface area contributed by atoms with Crippen LogP contribution in [0.2, 0.25) is 0 Å². The zero-order valence-electron chi connectivity index (χ0n) is 11.1. The number of hydrogen-bond acceptors (Lipinski definition) is 2. The highest BCUT2D eigenvalue weighted by Crippen LogP contribution is 2.17. The van der Waals surface area contributed by atoms with Crippen LogP contribution in [0.4, 0.5) is 0 Å². The summed E-state index contributed by atoms with van der Waals surface area (Å²) in [5.41, 5.74) is 3.12. The van der Waals surface area contributed by atoms with Gasteiger partial charge in [0, 0.05) is 0 Å². The largest absolute Gasteiger partial charge is 0.508 e. The molecule has 0 amide bonds. The third-order valence-corrected chi connectivity index (χ3v) is 2.95. The molecule has 2 nitrogen and oxygen atoms in total. The molecule has 0 aliphatic heterocycles. The van der Waals surface area contributed by atoms with E-state index in [1.54, 1.807) is 12.1 Å². The summed E-state index contributed by atoms with van der Waals surface area (Å²) in [5.74, 6) is 0.787. The van der Waals surface area contributed by atoms with Crippen LogP contribution in [0.3, 0.4) is 0 Å². The van der Waals surface area contributed by atoms with Crippen LogP contribution in [0.1, 0.15) is 23.6 Å². The minimum atomic E-state index is 0.384. The standard InChI is InChI=1S/2C8H10O/c1-6-4-3-5-8(9)7(6)2;1-2-7-5-3-4-6-8(7)9/h3-5,9H,1-2H3;3-6,9H,2H2,1H3. The van der Waals surface area contributed by atoms with E-state index in [9.17, 15) is 0 Å². The van der Waals surface area contributed by atoms with Crippen molar-refractivity contribution in [3.63, 3.8) is 0 Å². The van der Waals surface area contributed by atoms with Crippen LogP contribution in [0.5, 0.6) is 11.5 Å². The van der Waals surface area contributed by atoms with Crippen molar-refractivity contribution in [1.29, 1.82) is 0 Å². The number of hydrogen-bond donors (Lipinski definition) is 2. The number of rotatable bonds is 1. The highest BCUT2D eigenvalue weighted by atomic mass is 16.3. The van der Waals surface area contributed by atoms with Crippen LogP contribution >= 0.6 is 0 Å². The second-order valence-electron chi connectivity index (χ2n) is 4.20. The van der Waals surface area contributed by atoms with Crippen molar-refractivity contribution in [3.8, 4) is 11.5 Å². The lowest BCUT2D eigenvalue weighted by Gasteiger charge is -1.99. The van der Waals surface area contributed by atoms with Crippen LogP contribution < -0.4 is 0 Å². The van der Waals surface area contributed by atoms with Gasteiger partial charge in [0.25, 0.3) is 0 Å². The molecular weight excluding hydrogens is 224 g/mol. The molecule has 0 fully saturated rings. The second-order valence-corrected chi connectivity index (χ2v) is 4.20. The quantitative estimate of drug-likeness (QED) is 0.797. The van der Waals surface area contributed by atoms with Gasteiger partial charge in [0.2, 0.25) is 0 Å². The van der Waals surface area contributed by atoms with Gasteiger partial charge in [0.05, 0.1) is 0 Å². The average Bonchev–Trinajstić information content (AvgIpc) is 2.37. The number of aromatic hydroxyl groups is 2. The predicted molar refractivity (Wildman–Crippen MR) is 75.1 cm³/mol. The Hall–Kier alpha value is -1.96. The van der Waals surface area contributed by atoms with E-state index in [4.69, 9.17) is 10.2 Å². The van der Waals surface area contributed by atoms with Gasteiger partial charge in [-0.3, -0.25) is 0 Å². The summed E-state index contributed by atoms with van der Waals surface area (Å²) in [6, 6.07) is 12.9. The molecule has 2 rings (SSSR count). The summed E-state index contributed by atoms with van der Waals surface area (Å²) in [6.45, 7) is 5.91. The third kappa shape index (κ3) is 3.81. The van der Waals surface area contributed by atoms with Gasteiger partial charge in [-0.15, -0.1) is 0 Å². The predicted octanol–water partition coefficient (Wildman–Crippen LogP) is 3.96. The molecule has 2 aromatic carbocycles. The Labute approximate surface area is 109 Å². The SMILES string of the molecule is CCc1ccccc1O.Cc1cccc(O)c1C. The van der Waals surface area contributed by atoms with Crippen molar-refractivity contribution < 1.29 is 10.2 Å². The van der Waals surface area contributed by atoms with Gasteiger partial charge in [-0.25, -0.2) is 0 Å². The zero-order valence-corrected chi connectivity index (χ0v) is 11.1. The zero-order chi connectivity index (χ0) is 13.5. The van der Waals surface area contributed by atoms with Crippen molar-refractivity contribution in [2.24, 2.45) is 0 Å². The van der Waals surface area contributed by atoms with Crippen molar-refractivity contribution in [2.45, 2.75) is 27.2 Å². The van der Waals surface area contributed by atoms with Gasteiger partial charge >= 0.3 is 0 Å². The number of phenols is 2. The minimum absolute atomic E-state index is 0.384. The Morgan fingerprint density at radius 1 is 0.833 bits per heavy atom. The second kappa shape index (κ2) is 6.70. The lowest BCUT2D eigenvalue weighted by Crippen LogP contribution is -1.78. The van der Waals surface area contributed by atoms with Crippen molar-refractivity contribution in [3.05, 3.63) is 59.2 Å². The van der Waals surface area contributed by atoms with E-state index in [1.807, 2.05) is 51.1 Å². The van der Waals surface area contributed by atoms with E-state index in [0.717, 1.165) is 23.1 Å². The fourth-order valence-electron chi connectivity index (χ4n) is 1.55. The minimum Gasteiger partial charge on any atom is -0.508 e. The monoisotopic (exact) mass is 244 g/mol. The molecule has 0 heterocycles. The van der Waals surface area contributed by atoms with E-state index >= 15 is 0 Å². The highest BCUT2D eigenvalue weighted by Gasteiger charge is 1.94. The van der Waals surface area contributed by atoms with Crippen molar-refractivity contribution >= 4 is 0 Å². The molecule has 2 N–H and O–H groups in total. The molecular formula is C16H20O2. The first-order valence-corrected chi connectivity index (χ1v) is 6.08. The maximum atomic E-state index is 9.11. The maximum absolute atomic E-state index is 9.11. The van der Waals surface area contributed by atoms with Gasteiger partial charge in [0.1, 0.15) is 11.5 Å². The number of benzene rings is 2. The molecule has 2 heteroatoms. The van der Waals surface area contributed by atoms with E-state index in [1.165, 1.54) is 0 Å². The van der Waals surface area contributed by atoms with Gasteiger partial charge < -0.3 is 10.2 Å². The molecule has 18 heavy (non-hydrogen) atoms. The van der Waals surface area contributed by atoms with Gasteiger partial charge in [-0.1, -0.05) is 37.3 Å². The molecule has 0 saturated carbocycles. The summed E-state index contributed by atoms with van der Waals surface area (Å²) in [6.07, 6.45) is 0.896. The molecule has 2 aromatic rings. The molecule has 0 bridgehead atoms. The van der Waals surface area contributed by atoms with Crippen LogP contribution in [0, 0.1) is 13.8 Å². The summed E-state index contributed by atoms with van der Waals surface area (Å²) >= 11 is 0. The molecule has 0 aromatic heterocycles. The molecule has 0 aliphatic carbocycles. The van der Waals surface area contributed by atoms with E-state index < -0.39 is 0 Å². The van der Waals surface area contributed by atoms with Crippen molar-refractivity contribution in [1.82, 2.24) is 0 Å². The molecule has 0 spiro atoms. The molecule has 96 valence electrons. The highest BCUT2D eigenvalue weighted by molar-refractivity contribution is 5.36. The molecule has 0 unspecified atom stereocenters. The molecule has 0 aliphatic rings. The Morgan fingerprint density at radius 3 is 1.89 bits per heavy atom. The number of aryl methyl sites for hydroxylation is 2. The van der Waals surface area contributed by atoms with E-state index in [2.05, 4.69) is 0 Å². The van der Waals surface area contributed by atoms with Crippen LogP contribution in [0.25, 0.3) is 0 Å².